The van der Waals surface area contributed by atoms with Crippen LogP contribution in [0, 0.1) is 0 Å². The maximum absolute atomic E-state index is 11.4. The predicted molar refractivity (Wildman–Crippen MR) is 80.4 cm³/mol. The molecule has 6 nitrogen and oxygen atoms in total. The van der Waals surface area contributed by atoms with E-state index in [0.717, 1.165) is 38.3 Å². The van der Waals surface area contributed by atoms with E-state index in [9.17, 15) is 4.79 Å². The van der Waals surface area contributed by atoms with Crippen molar-refractivity contribution in [2.24, 2.45) is 5.84 Å². The van der Waals surface area contributed by atoms with Crippen LogP contribution in [0.25, 0.3) is 0 Å². The highest BCUT2D eigenvalue weighted by molar-refractivity contribution is 7.11. The highest BCUT2D eigenvalue weighted by atomic mass is 32.1. The second kappa shape index (κ2) is 7.68. The number of hydrogen-bond donors (Lipinski definition) is 3. The highest BCUT2D eigenvalue weighted by Crippen LogP contribution is 2.17. The van der Waals surface area contributed by atoms with Crippen LogP contribution in [-0.4, -0.2) is 41.5 Å². The van der Waals surface area contributed by atoms with Gasteiger partial charge in [0.15, 0.2) is 5.01 Å². The summed E-state index contributed by atoms with van der Waals surface area (Å²) >= 11 is 1.35. The van der Waals surface area contributed by atoms with Gasteiger partial charge in [-0.15, -0.1) is 11.3 Å². The first-order chi connectivity index (χ1) is 9.74. The standard InChI is InChI=1S/C13H23N5OS/c1-2-7-18(11-3-5-15-6-4-11)8-10-9-20-13(16-10)12(19)17-14/h9,11,15H,2-8,14H2,1H3,(H,17,19). The highest BCUT2D eigenvalue weighted by Gasteiger charge is 2.21. The Balaban J connectivity index is 1.99. The quantitative estimate of drug-likeness (QED) is 0.409. The Bertz CT molecular complexity index is 430. The lowest BCUT2D eigenvalue weighted by molar-refractivity contribution is 0.0952. The average molecular weight is 297 g/mol. The summed E-state index contributed by atoms with van der Waals surface area (Å²) in [6.07, 6.45) is 3.49. The minimum absolute atomic E-state index is 0.315. The molecule has 0 aromatic carbocycles. The number of hydrogen-bond acceptors (Lipinski definition) is 6. The number of nitrogens with zero attached hydrogens (tertiary/aromatic N) is 2. The predicted octanol–water partition coefficient (Wildman–Crippen LogP) is 0.711. The van der Waals surface area contributed by atoms with Gasteiger partial charge in [-0.25, -0.2) is 10.8 Å². The largest absolute Gasteiger partial charge is 0.317 e. The van der Waals surface area contributed by atoms with E-state index in [4.69, 9.17) is 5.84 Å². The minimum Gasteiger partial charge on any atom is -0.317 e. The topological polar surface area (TPSA) is 83.3 Å². The summed E-state index contributed by atoms with van der Waals surface area (Å²) in [5.74, 6) is 4.81. The second-order valence-electron chi connectivity index (χ2n) is 5.07. The van der Waals surface area contributed by atoms with Crippen LogP contribution in [0.3, 0.4) is 0 Å². The van der Waals surface area contributed by atoms with Crippen molar-refractivity contribution in [3.05, 3.63) is 16.1 Å². The van der Waals surface area contributed by atoms with Crippen molar-refractivity contribution in [2.45, 2.75) is 38.8 Å². The number of hydrazine groups is 1. The fraction of sp³-hybridized carbons (Fsp3) is 0.692. The zero-order valence-corrected chi connectivity index (χ0v) is 12.7. The van der Waals surface area contributed by atoms with Crippen LogP contribution in [0.15, 0.2) is 5.38 Å². The molecule has 0 radical (unpaired) electrons. The number of amides is 1. The number of aromatic nitrogens is 1. The zero-order valence-electron chi connectivity index (χ0n) is 11.9. The van der Waals surface area contributed by atoms with E-state index in [2.05, 4.69) is 27.6 Å². The lowest BCUT2D eigenvalue weighted by Gasteiger charge is -2.34. The van der Waals surface area contributed by atoms with Gasteiger partial charge in [0, 0.05) is 18.0 Å². The molecule has 0 bridgehead atoms. The van der Waals surface area contributed by atoms with E-state index in [1.165, 1.54) is 24.2 Å². The summed E-state index contributed by atoms with van der Waals surface area (Å²) in [5.41, 5.74) is 3.08. The van der Waals surface area contributed by atoms with E-state index in [1.807, 2.05) is 5.38 Å². The van der Waals surface area contributed by atoms with E-state index in [-0.39, 0.29) is 5.91 Å². The summed E-state index contributed by atoms with van der Waals surface area (Å²) < 4.78 is 0. The number of nitrogens with one attached hydrogen (secondary N) is 2. The van der Waals surface area contributed by atoms with Gasteiger partial charge >= 0.3 is 0 Å². The molecule has 1 aromatic rings. The summed E-state index contributed by atoms with van der Waals surface area (Å²) in [6, 6.07) is 0.615. The molecular formula is C13H23N5OS. The first kappa shape index (κ1) is 15.4. The van der Waals surface area contributed by atoms with Crippen LogP contribution >= 0.6 is 11.3 Å². The van der Waals surface area contributed by atoms with Gasteiger partial charge in [-0.2, -0.15) is 0 Å². The lowest BCUT2D eigenvalue weighted by Crippen LogP contribution is -2.43. The molecule has 2 rings (SSSR count). The lowest BCUT2D eigenvalue weighted by atomic mass is 10.0. The molecule has 2 heterocycles. The molecule has 1 aliphatic heterocycles. The maximum atomic E-state index is 11.4. The summed E-state index contributed by atoms with van der Waals surface area (Å²) in [6.45, 7) is 6.25. The molecule has 4 N–H and O–H groups in total. The van der Waals surface area contributed by atoms with Crippen molar-refractivity contribution in [3.8, 4) is 0 Å². The van der Waals surface area contributed by atoms with Gasteiger partial charge < -0.3 is 5.32 Å². The average Bonchev–Trinajstić information content (AvgIpc) is 2.95. The number of carbonyl (C=O) groups excluding carboxylic acids is 1. The molecule has 0 unspecified atom stereocenters. The first-order valence-corrected chi connectivity index (χ1v) is 8.02. The van der Waals surface area contributed by atoms with Crippen molar-refractivity contribution in [1.82, 2.24) is 20.6 Å². The van der Waals surface area contributed by atoms with Crippen LogP contribution < -0.4 is 16.6 Å². The van der Waals surface area contributed by atoms with Crippen LogP contribution in [-0.2, 0) is 6.54 Å². The number of rotatable bonds is 6. The molecule has 1 saturated heterocycles. The summed E-state index contributed by atoms with van der Waals surface area (Å²) in [4.78, 5) is 18.3. The zero-order chi connectivity index (χ0) is 14.4. The first-order valence-electron chi connectivity index (χ1n) is 7.14. The minimum atomic E-state index is -0.315. The number of carbonyl (C=O) groups is 1. The third kappa shape index (κ3) is 3.99. The van der Waals surface area contributed by atoms with Crippen molar-refractivity contribution < 1.29 is 4.79 Å². The Hall–Kier alpha value is -1.02. The maximum Gasteiger partial charge on any atom is 0.294 e. The number of nitrogen functional groups attached to an aromatic ring is 1. The number of piperidine rings is 1. The molecule has 1 aromatic heterocycles. The molecule has 7 heteroatoms. The van der Waals surface area contributed by atoms with Gasteiger partial charge in [0.2, 0.25) is 0 Å². The Kier molecular flexibility index (Phi) is 5.90. The van der Waals surface area contributed by atoms with Crippen LogP contribution in [0.4, 0.5) is 0 Å². The van der Waals surface area contributed by atoms with Crippen LogP contribution in [0.2, 0.25) is 0 Å². The van der Waals surface area contributed by atoms with Crippen molar-refractivity contribution >= 4 is 17.2 Å². The van der Waals surface area contributed by atoms with Gasteiger partial charge in [0.1, 0.15) is 0 Å². The molecule has 0 spiro atoms. The van der Waals surface area contributed by atoms with Crippen LogP contribution in [0.1, 0.15) is 41.7 Å². The molecule has 1 amide bonds. The molecule has 0 atom stereocenters. The Labute approximate surface area is 123 Å². The molecule has 1 aliphatic rings. The smallest absolute Gasteiger partial charge is 0.294 e. The van der Waals surface area contributed by atoms with E-state index in [0.29, 0.717) is 11.0 Å². The number of nitrogens with two attached hydrogens (primary N) is 1. The van der Waals surface area contributed by atoms with Crippen molar-refractivity contribution in [2.75, 3.05) is 19.6 Å². The van der Waals surface area contributed by atoms with Crippen LogP contribution in [0.5, 0.6) is 0 Å². The summed E-state index contributed by atoms with van der Waals surface area (Å²) in [7, 11) is 0. The summed E-state index contributed by atoms with van der Waals surface area (Å²) in [5, 5.41) is 5.78. The van der Waals surface area contributed by atoms with E-state index < -0.39 is 0 Å². The third-order valence-corrected chi connectivity index (χ3v) is 4.47. The van der Waals surface area contributed by atoms with Crippen molar-refractivity contribution in [1.29, 1.82) is 0 Å². The number of thiazole rings is 1. The monoisotopic (exact) mass is 297 g/mol. The van der Waals surface area contributed by atoms with Gasteiger partial charge in [-0.05, 0) is 38.9 Å². The van der Waals surface area contributed by atoms with Gasteiger partial charge in [-0.3, -0.25) is 15.1 Å². The van der Waals surface area contributed by atoms with E-state index >= 15 is 0 Å². The normalized spacial score (nSPS) is 16.6. The molecule has 0 aliphatic carbocycles. The second-order valence-corrected chi connectivity index (χ2v) is 5.93. The molecule has 20 heavy (non-hydrogen) atoms. The third-order valence-electron chi connectivity index (χ3n) is 3.58. The van der Waals surface area contributed by atoms with Crippen molar-refractivity contribution in [3.63, 3.8) is 0 Å². The molecule has 112 valence electrons. The Morgan fingerprint density at radius 1 is 1.60 bits per heavy atom. The fourth-order valence-electron chi connectivity index (χ4n) is 2.60. The van der Waals surface area contributed by atoms with Gasteiger partial charge in [0.05, 0.1) is 5.69 Å². The Morgan fingerprint density at radius 3 is 3.00 bits per heavy atom. The SMILES string of the molecule is CCCN(Cc1csc(C(=O)NN)n1)C1CCNCC1. The van der Waals surface area contributed by atoms with Gasteiger partial charge in [-0.1, -0.05) is 6.92 Å². The Morgan fingerprint density at radius 2 is 2.35 bits per heavy atom. The fourth-order valence-corrected chi connectivity index (χ4v) is 3.31. The molecular weight excluding hydrogens is 274 g/mol. The molecule has 0 saturated carbocycles. The van der Waals surface area contributed by atoms with E-state index in [1.54, 1.807) is 0 Å². The molecule has 1 fully saturated rings. The van der Waals surface area contributed by atoms with Gasteiger partial charge in [0.25, 0.3) is 5.91 Å².